The highest BCUT2D eigenvalue weighted by Gasteiger charge is 2.48. The van der Waals surface area contributed by atoms with Gasteiger partial charge in [-0.25, -0.2) is 0 Å². The average Bonchev–Trinajstić information content (AvgIpc) is 2.18. The number of carbonyl (C=O) groups excluding carboxylic acids is 1. The summed E-state index contributed by atoms with van der Waals surface area (Å²) in [6.45, 7) is 7.51. The Morgan fingerprint density at radius 1 is 1.46 bits per heavy atom. The predicted octanol–water partition coefficient (Wildman–Crippen LogP) is 1.70. The monoisotopic (exact) mass is 181 g/mol. The zero-order valence-electron chi connectivity index (χ0n) is 8.68. The topological polar surface area (TPSA) is 20.3 Å². The van der Waals surface area contributed by atoms with Crippen LogP contribution in [0.2, 0.25) is 0 Å². The van der Waals surface area contributed by atoms with Crippen LogP contribution in [0.15, 0.2) is 0 Å². The molecule has 0 aromatic rings. The van der Waals surface area contributed by atoms with E-state index in [4.69, 9.17) is 0 Å². The normalized spacial score (nSPS) is 36.6. The molecule has 3 rings (SSSR count). The molecule has 0 N–H and O–H groups in total. The molecule has 3 aliphatic heterocycles. The molecule has 0 radical (unpaired) electrons. The molecule has 3 aliphatic rings. The zero-order valence-corrected chi connectivity index (χ0v) is 8.68. The zero-order chi connectivity index (χ0) is 9.47. The van der Waals surface area contributed by atoms with E-state index in [2.05, 4.69) is 18.7 Å². The van der Waals surface area contributed by atoms with Gasteiger partial charge >= 0.3 is 0 Å². The van der Waals surface area contributed by atoms with Crippen molar-refractivity contribution in [3.05, 3.63) is 0 Å². The lowest BCUT2D eigenvalue weighted by atomic mass is 9.63. The van der Waals surface area contributed by atoms with Crippen LogP contribution in [-0.4, -0.2) is 30.3 Å². The lowest BCUT2D eigenvalue weighted by Crippen LogP contribution is -2.59. The van der Waals surface area contributed by atoms with Crippen LogP contribution in [0.1, 0.15) is 33.1 Å². The number of nitrogens with zero attached hydrogens (tertiary/aromatic N) is 1. The van der Waals surface area contributed by atoms with Crippen LogP contribution in [0.3, 0.4) is 0 Å². The minimum Gasteiger partial charge on any atom is -0.298 e. The highest BCUT2D eigenvalue weighted by atomic mass is 16.1. The third-order valence-corrected chi connectivity index (χ3v) is 4.19. The SMILES string of the molecule is CCC1(CC)CN2CCC1C(=O)C2. The summed E-state index contributed by atoms with van der Waals surface area (Å²) in [6.07, 6.45) is 3.44. The molecular weight excluding hydrogens is 162 g/mol. The van der Waals surface area contributed by atoms with Gasteiger partial charge in [0.1, 0.15) is 0 Å². The Hall–Kier alpha value is -0.370. The number of Topliss-reactive ketones (excluding diaryl/α,β-unsaturated/α-hetero) is 1. The summed E-state index contributed by atoms with van der Waals surface area (Å²) < 4.78 is 0. The number of piperidine rings is 3. The van der Waals surface area contributed by atoms with Crippen molar-refractivity contribution in [2.45, 2.75) is 33.1 Å². The third kappa shape index (κ3) is 1.23. The second-order valence-corrected chi connectivity index (χ2v) is 4.59. The van der Waals surface area contributed by atoms with Gasteiger partial charge < -0.3 is 0 Å². The summed E-state index contributed by atoms with van der Waals surface area (Å²) in [5.74, 6) is 0.883. The maximum Gasteiger partial charge on any atom is 0.150 e. The van der Waals surface area contributed by atoms with Gasteiger partial charge in [0.15, 0.2) is 5.78 Å². The molecule has 2 nitrogen and oxygen atoms in total. The van der Waals surface area contributed by atoms with Gasteiger partial charge in [-0.1, -0.05) is 13.8 Å². The smallest absolute Gasteiger partial charge is 0.150 e. The largest absolute Gasteiger partial charge is 0.298 e. The average molecular weight is 181 g/mol. The molecule has 2 heteroatoms. The Morgan fingerprint density at radius 2 is 2.15 bits per heavy atom. The second-order valence-electron chi connectivity index (χ2n) is 4.59. The molecule has 3 heterocycles. The van der Waals surface area contributed by atoms with Crippen LogP contribution >= 0.6 is 0 Å². The molecule has 0 spiro atoms. The van der Waals surface area contributed by atoms with Gasteiger partial charge in [0.05, 0.1) is 6.54 Å². The molecule has 74 valence electrons. The first-order valence-corrected chi connectivity index (χ1v) is 5.47. The highest BCUT2D eigenvalue weighted by molar-refractivity contribution is 5.85. The number of ketones is 1. The summed E-state index contributed by atoms with van der Waals surface area (Å²) in [5.41, 5.74) is 0.327. The third-order valence-electron chi connectivity index (χ3n) is 4.19. The van der Waals surface area contributed by atoms with Crippen molar-refractivity contribution in [1.82, 2.24) is 4.90 Å². The van der Waals surface area contributed by atoms with Gasteiger partial charge in [-0.15, -0.1) is 0 Å². The highest BCUT2D eigenvalue weighted by Crippen LogP contribution is 2.45. The van der Waals surface area contributed by atoms with Crippen LogP contribution in [-0.2, 0) is 4.79 Å². The van der Waals surface area contributed by atoms with Gasteiger partial charge in [-0.3, -0.25) is 9.69 Å². The Bertz CT molecular complexity index is 220. The van der Waals surface area contributed by atoms with Crippen molar-refractivity contribution in [1.29, 1.82) is 0 Å². The first-order valence-electron chi connectivity index (χ1n) is 5.47. The molecular formula is C11H19NO. The molecule has 2 bridgehead atoms. The van der Waals surface area contributed by atoms with Crippen molar-refractivity contribution in [2.75, 3.05) is 19.6 Å². The van der Waals surface area contributed by atoms with E-state index in [9.17, 15) is 4.79 Å². The lowest BCUT2D eigenvalue weighted by Gasteiger charge is -2.52. The fraction of sp³-hybridized carbons (Fsp3) is 0.909. The summed E-state index contributed by atoms with van der Waals surface area (Å²) in [5, 5.41) is 0. The molecule has 2 unspecified atom stereocenters. The van der Waals surface area contributed by atoms with E-state index in [0.717, 1.165) is 38.9 Å². The molecule has 3 saturated heterocycles. The molecule has 0 saturated carbocycles. The van der Waals surface area contributed by atoms with E-state index in [1.54, 1.807) is 0 Å². The van der Waals surface area contributed by atoms with Gasteiger partial charge in [0, 0.05) is 12.5 Å². The van der Waals surface area contributed by atoms with Gasteiger partial charge in [-0.05, 0) is 31.2 Å². The van der Waals surface area contributed by atoms with Gasteiger partial charge in [0.25, 0.3) is 0 Å². The summed E-state index contributed by atoms with van der Waals surface area (Å²) in [6, 6.07) is 0. The molecule has 13 heavy (non-hydrogen) atoms. The number of hydrogen-bond acceptors (Lipinski definition) is 2. The van der Waals surface area contributed by atoms with Crippen LogP contribution in [0.5, 0.6) is 0 Å². The fourth-order valence-electron chi connectivity index (χ4n) is 3.19. The molecule has 0 aliphatic carbocycles. The Kier molecular flexibility index (Phi) is 2.18. The first kappa shape index (κ1) is 9.20. The quantitative estimate of drug-likeness (QED) is 0.646. The molecule has 2 atom stereocenters. The van der Waals surface area contributed by atoms with Crippen molar-refractivity contribution in [3.63, 3.8) is 0 Å². The molecule has 3 fully saturated rings. The number of carbonyl (C=O) groups is 1. The van der Waals surface area contributed by atoms with Crippen molar-refractivity contribution < 1.29 is 4.79 Å². The predicted molar refractivity (Wildman–Crippen MR) is 52.6 cm³/mol. The van der Waals surface area contributed by atoms with E-state index in [0.29, 0.717) is 17.1 Å². The van der Waals surface area contributed by atoms with Crippen molar-refractivity contribution in [3.8, 4) is 0 Å². The van der Waals surface area contributed by atoms with E-state index in [1.165, 1.54) is 0 Å². The molecule has 0 aromatic carbocycles. The number of fused-ring (bicyclic) bond motifs is 3. The van der Waals surface area contributed by atoms with E-state index in [-0.39, 0.29) is 0 Å². The van der Waals surface area contributed by atoms with E-state index in [1.807, 2.05) is 0 Å². The maximum absolute atomic E-state index is 11.7. The minimum atomic E-state index is 0.327. The van der Waals surface area contributed by atoms with Crippen molar-refractivity contribution in [2.24, 2.45) is 11.3 Å². The van der Waals surface area contributed by atoms with Gasteiger partial charge in [-0.2, -0.15) is 0 Å². The fourth-order valence-corrected chi connectivity index (χ4v) is 3.19. The first-order chi connectivity index (χ1) is 6.22. The standard InChI is InChI=1S/C11H19NO/c1-3-11(4-2)8-12-6-5-9(11)10(13)7-12/h9H,3-8H2,1-2H3. The van der Waals surface area contributed by atoms with E-state index < -0.39 is 0 Å². The van der Waals surface area contributed by atoms with E-state index >= 15 is 0 Å². The second kappa shape index (κ2) is 3.09. The number of rotatable bonds is 2. The summed E-state index contributed by atoms with van der Waals surface area (Å²) in [7, 11) is 0. The van der Waals surface area contributed by atoms with Gasteiger partial charge in [0.2, 0.25) is 0 Å². The van der Waals surface area contributed by atoms with Crippen LogP contribution < -0.4 is 0 Å². The molecule has 0 amide bonds. The Labute approximate surface area is 80.3 Å². The minimum absolute atomic E-state index is 0.327. The van der Waals surface area contributed by atoms with Crippen LogP contribution in [0, 0.1) is 11.3 Å². The van der Waals surface area contributed by atoms with Crippen LogP contribution in [0.25, 0.3) is 0 Å². The number of hydrogen-bond donors (Lipinski definition) is 0. The summed E-state index contributed by atoms with van der Waals surface area (Å²) >= 11 is 0. The van der Waals surface area contributed by atoms with Crippen molar-refractivity contribution >= 4 is 5.78 Å². The Morgan fingerprint density at radius 3 is 2.54 bits per heavy atom. The van der Waals surface area contributed by atoms with Crippen LogP contribution in [0.4, 0.5) is 0 Å². The lowest BCUT2D eigenvalue weighted by molar-refractivity contribution is -0.142. The summed E-state index contributed by atoms with van der Waals surface area (Å²) in [4.78, 5) is 14.1. The maximum atomic E-state index is 11.7. The Balaban J connectivity index is 2.26. The molecule has 0 aromatic heterocycles.